The van der Waals surface area contributed by atoms with Gasteiger partial charge in [0.2, 0.25) is 5.91 Å². The number of carbonyl (C=O) groups excluding carboxylic acids is 1. The van der Waals surface area contributed by atoms with Crippen molar-refractivity contribution in [3.05, 3.63) is 28.0 Å². The molecule has 0 aliphatic heterocycles. The fourth-order valence-electron chi connectivity index (χ4n) is 2.45. The minimum atomic E-state index is -1.02. The van der Waals surface area contributed by atoms with Gasteiger partial charge < -0.3 is 10.4 Å². The van der Waals surface area contributed by atoms with Crippen molar-refractivity contribution in [1.29, 1.82) is 0 Å². The maximum Gasteiger partial charge on any atom is 0.307 e. The van der Waals surface area contributed by atoms with Crippen LogP contribution < -0.4 is 5.32 Å². The number of rotatable bonds is 3. The maximum absolute atomic E-state index is 13.0. The van der Waals surface area contributed by atoms with E-state index in [0.717, 1.165) is 12.1 Å². The van der Waals surface area contributed by atoms with E-state index in [4.69, 9.17) is 28.3 Å². The van der Waals surface area contributed by atoms with Gasteiger partial charge in [-0.3, -0.25) is 9.59 Å². The number of anilines is 1. The molecule has 0 heterocycles. The number of amides is 1. The second-order valence-electron chi connectivity index (χ2n) is 5.35. The highest BCUT2D eigenvalue weighted by Crippen LogP contribution is 2.58. The summed E-state index contributed by atoms with van der Waals surface area (Å²) in [5.74, 6) is -3.55. The Hall–Kier alpha value is -1.33. The maximum atomic E-state index is 13.0. The number of carboxylic acids is 1. The van der Waals surface area contributed by atoms with Gasteiger partial charge in [0.05, 0.1) is 27.6 Å². The van der Waals surface area contributed by atoms with E-state index >= 15 is 0 Å². The average molecular weight is 320 g/mol. The molecule has 0 bridgehead atoms. The summed E-state index contributed by atoms with van der Waals surface area (Å²) in [5, 5.41) is 11.4. The fraction of sp³-hybridized carbons (Fsp3) is 0.385. The van der Waals surface area contributed by atoms with Crippen molar-refractivity contribution in [3.8, 4) is 0 Å². The fourth-order valence-corrected chi connectivity index (χ4v) is 3.01. The lowest BCUT2D eigenvalue weighted by Crippen LogP contribution is -2.18. The molecule has 1 aromatic carbocycles. The third kappa shape index (κ3) is 2.47. The van der Waals surface area contributed by atoms with Crippen molar-refractivity contribution in [1.82, 2.24) is 0 Å². The van der Waals surface area contributed by atoms with Crippen LogP contribution in [0.1, 0.15) is 13.8 Å². The van der Waals surface area contributed by atoms with Crippen LogP contribution in [0.15, 0.2) is 12.1 Å². The summed E-state index contributed by atoms with van der Waals surface area (Å²) < 4.78 is 13.0. The first-order valence-electron chi connectivity index (χ1n) is 5.84. The topological polar surface area (TPSA) is 66.4 Å². The van der Waals surface area contributed by atoms with Crippen molar-refractivity contribution in [3.63, 3.8) is 0 Å². The van der Waals surface area contributed by atoms with E-state index in [1.54, 1.807) is 13.8 Å². The Morgan fingerprint density at radius 2 is 1.75 bits per heavy atom. The lowest BCUT2D eigenvalue weighted by Gasteiger charge is -2.10. The van der Waals surface area contributed by atoms with Crippen LogP contribution in [-0.4, -0.2) is 17.0 Å². The van der Waals surface area contributed by atoms with Gasteiger partial charge in [-0.25, -0.2) is 4.39 Å². The molecule has 1 aliphatic carbocycles. The van der Waals surface area contributed by atoms with Gasteiger partial charge in [0.25, 0.3) is 0 Å². The van der Waals surface area contributed by atoms with Gasteiger partial charge >= 0.3 is 5.97 Å². The summed E-state index contributed by atoms with van der Waals surface area (Å²) in [4.78, 5) is 23.2. The highest BCUT2D eigenvalue weighted by molar-refractivity contribution is 6.39. The predicted molar refractivity (Wildman–Crippen MR) is 73.4 cm³/mol. The Labute approximate surface area is 124 Å². The molecule has 0 unspecified atom stereocenters. The number of hydrogen-bond donors (Lipinski definition) is 2. The molecule has 2 N–H and O–H groups in total. The Morgan fingerprint density at radius 1 is 1.25 bits per heavy atom. The van der Waals surface area contributed by atoms with Gasteiger partial charge in [-0.2, -0.15) is 0 Å². The normalized spacial score (nSPS) is 23.2. The van der Waals surface area contributed by atoms with Crippen molar-refractivity contribution in [2.45, 2.75) is 13.8 Å². The highest BCUT2D eigenvalue weighted by Gasteiger charge is 2.65. The molecule has 4 nitrogen and oxygen atoms in total. The van der Waals surface area contributed by atoms with Crippen LogP contribution in [0, 0.1) is 23.1 Å². The molecule has 108 valence electrons. The summed E-state index contributed by atoms with van der Waals surface area (Å²) in [6.07, 6.45) is 0. The predicted octanol–water partition coefficient (Wildman–Crippen LogP) is 3.43. The Balaban J connectivity index is 2.20. The van der Waals surface area contributed by atoms with Gasteiger partial charge in [0, 0.05) is 0 Å². The Kier molecular flexibility index (Phi) is 3.69. The quantitative estimate of drug-likeness (QED) is 0.897. The number of carbonyl (C=O) groups is 2. The zero-order valence-electron chi connectivity index (χ0n) is 10.7. The highest BCUT2D eigenvalue weighted by atomic mass is 35.5. The van der Waals surface area contributed by atoms with Gasteiger partial charge in [-0.15, -0.1) is 0 Å². The molecule has 0 aromatic heterocycles. The number of benzene rings is 1. The standard InChI is InChI=1S/C13H12Cl2FNO3/c1-13(2)8(9(13)12(19)20)11(18)17-10-6(14)3-5(16)4-7(10)15/h3-4,8-9H,1-2H3,(H,17,18)(H,19,20)/t8-,9+/m1/s1. The third-order valence-electron chi connectivity index (χ3n) is 3.63. The molecule has 0 spiro atoms. The number of nitrogens with one attached hydrogen (secondary N) is 1. The first-order chi connectivity index (χ1) is 9.16. The summed E-state index contributed by atoms with van der Waals surface area (Å²) in [7, 11) is 0. The summed E-state index contributed by atoms with van der Waals surface area (Å²) in [5.41, 5.74) is -0.541. The zero-order valence-corrected chi connectivity index (χ0v) is 12.2. The molecule has 1 fully saturated rings. The monoisotopic (exact) mass is 319 g/mol. The Morgan fingerprint density at radius 3 is 2.15 bits per heavy atom. The van der Waals surface area contributed by atoms with Crippen LogP contribution in [0.4, 0.5) is 10.1 Å². The van der Waals surface area contributed by atoms with Crippen LogP contribution in [0.2, 0.25) is 10.0 Å². The molecular formula is C13H12Cl2FNO3. The van der Waals surface area contributed by atoms with E-state index in [9.17, 15) is 14.0 Å². The molecule has 2 atom stereocenters. The third-order valence-corrected chi connectivity index (χ3v) is 4.23. The van der Waals surface area contributed by atoms with Gasteiger partial charge in [-0.05, 0) is 17.5 Å². The lowest BCUT2D eigenvalue weighted by molar-refractivity contribution is -0.140. The summed E-state index contributed by atoms with van der Waals surface area (Å²) >= 11 is 11.6. The van der Waals surface area contributed by atoms with Crippen molar-refractivity contribution in [2.24, 2.45) is 17.3 Å². The van der Waals surface area contributed by atoms with Crippen LogP contribution in [0.5, 0.6) is 0 Å². The number of aliphatic carboxylic acids is 1. The van der Waals surface area contributed by atoms with Gasteiger partial charge in [0.15, 0.2) is 0 Å². The molecule has 2 rings (SSSR count). The van der Waals surface area contributed by atoms with E-state index in [1.807, 2.05) is 0 Å². The molecule has 1 aromatic rings. The summed E-state index contributed by atoms with van der Waals surface area (Å²) in [6, 6.07) is 2.05. The van der Waals surface area contributed by atoms with E-state index < -0.39 is 34.9 Å². The second-order valence-corrected chi connectivity index (χ2v) is 6.16. The minimum Gasteiger partial charge on any atom is -0.481 e. The smallest absolute Gasteiger partial charge is 0.307 e. The van der Waals surface area contributed by atoms with Crippen LogP contribution in [-0.2, 0) is 9.59 Å². The SMILES string of the molecule is CC1(C)[C@H](C(=O)O)[C@@H]1C(=O)Nc1c(Cl)cc(F)cc1Cl. The van der Waals surface area contributed by atoms with Crippen molar-refractivity contribution < 1.29 is 19.1 Å². The number of hydrogen-bond acceptors (Lipinski definition) is 2. The largest absolute Gasteiger partial charge is 0.481 e. The molecule has 1 saturated carbocycles. The zero-order chi connectivity index (χ0) is 15.2. The molecule has 7 heteroatoms. The summed E-state index contributed by atoms with van der Waals surface area (Å²) in [6.45, 7) is 3.40. The van der Waals surface area contributed by atoms with Crippen LogP contribution in [0.25, 0.3) is 0 Å². The minimum absolute atomic E-state index is 0.0336. The van der Waals surface area contributed by atoms with Crippen LogP contribution >= 0.6 is 23.2 Å². The van der Waals surface area contributed by atoms with Crippen molar-refractivity contribution >= 4 is 40.8 Å². The first kappa shape index (κ1) is 15.1. The second kappa shape index (κ2) is 4.90. The van der Waals surface area contributed by atoms with Crippen molar-refractivity contribution in [2.75, 3.05) is 5.32 Å². The van der Waals surface area contributed by atoms with E-state index in [2.05, 4.69) is 5.32 Å². The lowest BCUT2D eigenvalue weighted by atomic mass is 10.1. The number of halogens is 3. The van der Waals surface area contributed by atoms with E-state index in [0.29, 0.717) is 0 Å². The van der Waals surface area contributed by atoms with Crippen LogP contribution in [0.3, 0.4) is 0 Å². The molecule has 1 aliphatic rings. The van der Waals surface area contributed by atoms with E-state index in [1.165, 1.54) is 0 Å². The molecule has 1 amide bonds. The molecular weight excluding hydrogens is 308 g/mol. The molecule has 0 radical (unpaired) electrons. The van der Waals surface area contributed by atoms with Gasteiger partial charge in [0.1, 0.15) is 5.82 Å². The van der Waals surface area contributed by atoms with Gasteiger partial charge in [-0.1, -0.05) is 37.0 Å². The average Bonchev–Trinajstić information content (AvgIpc) is 2.86. The molecule has 0 saturated heterocycles. The van der Waals surface area contributed by atoms with E-state index in [-0.39, 0.29) is 15.7 Å². The Bertz CT molecular complexity index is 580. The molecule has 20 heavy (non-hydrogen) atoms. The first-order valence-corrected chi connectivity index (χ1v) is 6.60. The number of carboxylic acid groups (broad SMARTS) is 1.